The maximum Gasteiger partial charge on any atom is 0.255 e. The molecule has 24 heavy (non-hydrogen) atoms. The van der Waals surface area contributed by atoms with Crippen LogP contribution in [0.25, 0.3) is 11.6 Å². The van der Waals surface area contributed by atoms with Crippen molar-refractivity contribution >= 4 is 56.3 Å². The van der Waals surface area contributed by atoms with Crippen molar-refractivity contribution < 1.29 is 13.2 Å². The van der Waals surface area contributed by atoms with Crippen molar-refractivity contribution in [2.45, 2.75) is 4.90 Å². The van der Waals surface area contributed by atoms with Gasteiger partial charge >= 0.3 is 0 Å². The van der Waals surface area contributed by atoms with Crippen LogP contribution in [-0.2, 0) is 14.6 Å². The second-order valence-electron chi connectivity index (χ2n) is 5.16. The molecule has 0 radical (unpaired) electrons. The Labute approximate surface area is 149 Å². The highest BCUT2D eigenvalue weighted by atomic mass is 35.5. The molecule has 0 saturated heterocycles. The number of carbonyl (C=O) groups excluding carboxylic acids is 1. The molecular formula is C17H11Cl2NO3S. The van der Waals surface area contributed by atoms with Crippen LogP contribution in [0.2, 0.25) is 10.0 Å². The summed E-state index contributed by atoms with van der Waals surface area (Å²) in [5, 5.41) is 4.52. The molecule has 1 N–H and O–H groups in total. The van der Waals surface area contributed by atoms with Crippen LogP contribution >= 0.6 is 23.2 Å². The summed E-state index contributed by atoms with van der Waals surface area (Å²) in [6, 6.07) is 9.39. The van der Waals surface area contributed by atoms with Crippen LogP contribution in [0.3, 0.4) is 0 Å². The average molecular weight is 380 g/mol. The fraction of sp³-hybridized carbons (Fsp3) is 0. The maximum atomic E-state index is 12.3. The molecule has 0 bridgehead atoms. The lowest BCUT2D eigenvalue weighted by Crippen LogP contribution is -2.13. The summed E-state index contributed by atoms with van der Waals surface area (Å²) < 4.78 is 23.8. The minimum absolute atomic E-state index is 0.151. The van der Waals surface area contributed by atoms with E-state index in [9.17, 15) is 13.2 Å². The monoisotopic (exact) mass is 379 g/mol. The van der Waals surface area contributed by atoms with Gasteiger partial charge < -0.3 is 5.32 Å². The zero-order chi connectivity index (χ0) is 17.5. The number of benzene rings is 2. The molecule has 0 fully saturated rings. The minimum Gasteiger partial charge on any atom is -0.322 e. The number of hydrogen-bond acceptors (Lipinski definition) is 3. The number of halogens is 2. The molecule has 2 aromatic rings. The molecule has 122 valence electrons. The first kappa shape index (κ1) is 16.8. The Morgan fingerprint density at radius 3 is 2.54 bits per heavy atom. The van der Waals surface area contributed by atoms with E-state index in [1.807, 2.05) is 0 Å². The molecule has 3 rings (SSSR count). The van der Waals surface area contributed by atoms with E-state index in [4.69, 9.17) is 23.2 Å². The predicted octanol–water partition coefficient (Wildman–Crippen LogP) is 4.40. The lowest BCUT2D eigenvalue weighted by molar-refractivity contribution is -0.111. The van der Waals surface area contributed by atoms with Crippen LogP contribution in [-0.4, -0.2) is 14.3 Å². The van der Waals surface area contributed by atoms with Crippen molar-refractivity contribution in [3.63, 3.8) is 0 Å². The van der Waals surface area contributed by atoms with Gasteiger partial charge in [0.15, 0.2) is 0 Å². The topological polar surface area (TPSA) is 63.2 Å². The summed E-state index contributed by atoms with van der Waals surface area (Å²) in [6.45, 7) is 3.74. The van der Waals surface area contributed by atoms with E-state index in [1.165, 1.54) is 18.2 Å². The molecule has 1 aliphatic rings. The van der Waals surface area contributed by atoms with Gasteiger partial charge in [-0.25, -0.2) is 8.42 Å². The van der Waals surface area contributed by atoms with E-state index in [-0.39, 0.29) is 10.5 Å². The summed E-state index contributed by atoms with van der Waals surface area (Å²) in [7, 11) is -3.44. The maximum absolute atomic E-state index is 12.3. The van der Waals surface area contributed by atoms with Crippen molar-refractivity contribution in [2.24, 2.45) is 0 Å². The Kier molecular flexibility index (Phi) is 4.25. The van der Waals surface area contributed by atoms with Gasteiger partial charge in [0, 0.05) is 27.3 Å². The van der Waals surface area contributed by atoms with Gasteiger partial charge in [-0.3, -0.25) is 4.79 Å². The molecule has 0 unspecified atom stereocenters. The Hall–Kier alpha value is -2.08. The first-order valence-corrected chi connectivity index (χ1v) is 9.11. The number of hydrogen-bond donors (Lipinski definition) is 1. The second kappa shape index (κ2) is 6.09. The number of sulfone groups is 1. The lowest BCUT2D eigenvalue weighted by atomic mass is 10.1. The summed E-state index contributed by atoms with van der Waals surface area (Å²) in [6.07, 6.45) is 1.52. The normalized spacial score (nSPS) is 14.2. The molecule has 0 atom stereocenters. The molecule has 1 amide bonds. The SMILES string of the molecule is C=C(C(=O)Nc1ccc2c(c1)S(=O)(=O)C=C2)c1ccc(Cl)cc1Cl. The van der Waals surface area contributed by atoms with Crippen LogP contribution in [0.15, 0.2) is 53.3 Å². The van der Waals surface area contributed by atoms with E-state index >= 15 is 0 Å². The van der Waals surface area contributed by atoms with Crippen LogP contribution in [0.4, 0.5) is 5.69 Å². The van der Waals surface area contributed by atoms with Gasteiger partial charge in [-0.1, -0.05) is 41.9 Å². The van der Waals surface area contributed by atoms with E-state index in [0.717, 1.165) is 5.41 Å². The largest absolute Gasteiger partial charge is 0.322 e. The number of anilines is 1. The molecule has 0 spiro atoms. The molecule has 1 heterocycles. The molecule has 0 aliphatic carbocycles. The average Bonchev–Trinajstić information content (AvgIpc) is 2.82. The fourth-order valence-electron chi connectivity index (χ4n) is 2.30. The van der Waals surface area contributed by atoms with Gasteiger partial charge in [-0.05, 0) is 35.9 Å². The number of rotatable bonds is 3. The van der Waals surface area contributed by atoms with Crippen LogP contribution in [0.5, 0.6) is 0 Å². The molecule has 0 aromatic heterocycles. The molecular weight excluding hydrogens is 369 g/mol. The van der Waals surface area contributed by atoms with Crippen LogP contribution < -0.4 is 5.32 Å². The van der Waals surface area contributed by atoms with Gasteiger partial charge in [-0.2, -0.15) is 0 Å². The highest BCUT2D eigenvalue weighted by Crippen LogP contribution is 2.30. The summed E-state index contributed by atoms with van der Waals surface area (Å²) in [5.41, 5.74) is 1.55. The molecule has 1 aliphatic heterocycles. The predicted molar refractivity (Wildman–Crippen MR) is 96.8 cm³/mol. The quantitative estimate of drug-likeness (QED) is 0.803. The molecule has 0 saturated carbocycles. The van der Waals surface area contributed by atoms with E-state index < -0.39 is 15.7 Å². The lowest BCUT2D eigenvalue weighted by Gasteiger charge is -2.10. The third kappa shape index (κ3) is 3.11. The summed E-state index contributed by atoms with van der Waals surface area (Å²) in [4.78, 5) is 12.5. The number of carbonyl (C=O) groups is 1. The fourth-order valence-corrected chi connectivity index (χ4v) is 4.05. The van der Waals surface area contributed by atoms with Crippen LogP contribution in [0.1, 0.15) is 11.1 Å². The first-order valence-electron chi connectivity index (χ1n) is 6.81. The van der Waals surface area contributed by atoms with E-state index in [1.54, 1.807) is 24.3 Å². The van der Waals surface area contributed by atoms with Gasteiger partial charge in [-0.15, -0.1) is 0 Å². The van der Waals surface area contributed by atoms with Gasteiger partial charge in [0.25, 0.3) is 5.91 Å². The van der Waals surface area contributed by atoms with E-state index in [0.29, 0.717) is 26.9 Å². The zero-order valence-electron chi connectivity index (χ0n) is 12.2. The number of fused-ring (bicyclic) bond motifs is 1. The van der Waals surface area contributed by atoms with E-state index in [2.05, 4.69) is 11.9 Å². The molecule has 2 aromatic carbocycles. The zero-order valence-corrected chi connectivity index (χ0v) is 14.5. The highest BCUT2D eigenvalue weighted by Gasteiger charge is 2.21. The summed E-state index contributed by atoms with van der Waals surface area (Å²) in [5.74, 6) is -0.484. The summed E-state index contributed by atoms with van der Waals surface area (Å²) >= 11 is 11.9. The first-order chi connectivity index (χ1) is 11.3. The molecule has 4 nitrogen and oxygen atoms in total. The smallest absolute Gasteiger partial charge is 0.255 e. The Morgan fingerprint density at radius 1 is 1.08 bits per heavy atom. The second-order valence-corrected chi connectivity index (χ2v) is 7.80. The van der Waals surface area contributed by atoms with Crippen molar-refractivity contribution in [1.29, 1.82) is 0 Å². The highest BCUT2D eigenvalue weighted by molar-refractivity contribution is 7.94. The Balaban J connectivity index is 1.84. The van der Waals surface area contributed by atoms with Gasteiger partial charge in [0.1, 0.15) is 0 Å². The number of nitrogens with one attached hydrogen (secondary N) is 1. The van der Waals surface area contributed by atoms with Crippen LogP contribution in [0, 0.1) is 0 Å². The van der Waals surface area contributed by atoms with Gasteiger partial charge in [0.2, 0.25) is 9.84 Å². The van der Waals surface area contributed by atoms with Crippen molar-refractivity contribution in [3.8, 4) is 0 Å². The Morgan fingerprint density at radius 2 is 1.83 bits per heavy atom. The van der Waals surface area contributed by atoms with Crippen molar-refractivity contribution in [3.05, 3.63) is 69.6 Å². The standard InChI is InChI=1S/C17H11Cl2NO3S/c1-10(14-5-3-12(18)8-15(14)19)17(21)20-13-4-2-11-6-7-24(22,23)16(11)9-13/h2-9H,1H2,(H,20,21). The van der Waals surface area contributed by atoms with Gasteiger partial charge in [0.05, 0.1) is 9.92 Å². The van der Waals surface area contributed by atoms with Crippen molar-refractivity contribution in [1.82, 2.24) is 0 Å². The van der Waals surface area contributed by atoms with Crippen molar-refractivity contribution in [2.75, 3.05) is 5.32 Å². The third-order valence-electron chi connectivity index (χ3n) is 3.54. The minimum atomic E-state index is -3.44. The Bertz CT molecular complexity index is 1010. The third-order valence-corrected chi connectivity index (χ3v) is 5.54. The molecule has 7 heteroatoms. The number of amides is 1.